The number of thiophene rings is 1. The maximum atomic E-state index is 12.6. The number of carbonyl (C=O) groups excluding carboxylic acids is 1. The van der Waals surface area contributed by atoms with Crippen LogP contribution in [0, 0.1) is 0 Å². The summed E-state index contributed by atoms with van der Waals surface area (Å²) in [6.45, 7) is 1.04. The van der Waals surface area contributed by atoms with Crippen LogP contribution in [0.15, 0.2) is 46.0 Å². The van der Waals surface area contributed by atoms with Crippen molar-refractivity contribution in [2.45, 2.75) is 24.3 Å². The molecular weight excluding hydrogens is 332 g/mol. The summed E-state index contributed by atoms with van der Waals surface area (Å²) in [7, 11) is -1.96. The van der Waals surface area contributed by atoms with Crippen molar-refractivity contribution in [3.63, 3.8) is 0 Å². The zero-order chi connectivity index (χ0) is 16.4. The fourth-order valence-electron chi connectivity index (χ4n) is 2.62. The normalized spacial score (nSPS) is 15.6. The van der Waals surface area contributed by atoms with Crippen LogP contribution >= 0.6 is 11.3 Å². The van der Waals surface area contributed by atoms with Crippen LogP contribution in [0.4, 0.5) is 5.69 Å². The average molecular weight is 350 g/mol. The SMILES string of the molecule is CN(Cc1ccsc1)S(=O)(=O)c1ccc(N2CCCC2=O)cc1. The lowest BCUT2D eigenvalue weighted by atomic mass is 10.3. The van der Waals surface area contributed by atoms with E-state index >= 15 is 0 Å². The van der Waals surface area contributed by atoms with Gasteiger partial charge >= 0.3 is 0 Å². The molecule has 0 N–H and O–H groups in total. The Balaban J connectivity index is 1.78. The molecule has 1 aliphatic rings. The van der Waals surface area contributed by atoms with Crippen LogP contribution < -0.4 is 4.90 Å². The highest BCUT2D eigenvalue weighted by Crippen LogP contribution is 2.24. The Bertz CT molecular complexity index is 783. The van der Waals surface area contributed by atoms with Gasteiger partial charge in [0.25, 0.3) is 0 Å². The minimum atomic E-state index is -3.53. The van der Waals surface area contributed by atoms with Crippen LogP contribution in [0.2, 0.25) is 0 Å². The van der Waals surface area contributed by atoms with Gasteiger partial charge in [-0.25, -0.2) is 8.42 Å². The van der Waals surface area contributed by atoms with Crippen molar-refractivity contribution in [2.75, 3.05) is 18.5 Å². The van der Waals surface area contributed by atoms with Crippen molar-refractivity contribution in [3.8, 4) is 0 Å². The van der Waals surface area contributed by atoms with Crippen molar-refractivity contribution in [3.05, 3.63) is 46.7 Å². The lowest BCUT2D eigenvalue weighted by Crippen LogP contribution is -2.27. The number of carbonyl (C=O) groups is 1. The lowest BCUT2D eigenvalue weighted by Gasteiger charge is -2.19. The molecule has 7 heteroatoms. The van der Waals surface area contributed by atoms with Gasteiger partial charge in [-0.15, -0.1) is 0 Å². The molecule has 0 saturated carbocycles. The Labute approximate surface area is 140 Å². The highest BCUT2D eigenvalue weighted by Gasteiger charge is 2.24. The van der Waals surface area contributed by atoms with Crippen molar-refractivity contribution in [1.82, 2.24) is 4.31 Å². The Kier molecular flexibility index (Phi) is 4.52. The van der Waals surface area contributed by atoms with Crippen molar-refractivity contribution < 1.29 is 13.2 Å². The number of amides is 1. The second kappa shape index (κ2) is 6.43. The first-order valence-electron chi connectivity index (χ1n) is 7.36. The van der Waals surface area contributed by atoms with Crippen molar-refractivity contribution >= 4 is 33.0 Å². The molecule has 0 atom stereocenters. The third-order valence-electron chi connectivity index (χ3n) is 3.92. The number of rotatable bonds is 5. The van der Waals surface area contributed by atoms with E-state index in [1.807, 2.05) is 16.8 Å². The van der Waals surface area contributed by atoms with E-state index < -0.39 is 10.0 Å². The van der Waals surface area contributed by atoms with Gasteiger partial charge < -0.3 is 4.90 Å². The van der Waals surface area contributed by atoms with Crippen LogP contribution in [0.5, 0.6) is 0 Å². The molecule has 3 rings (SSSR count). The molecule has 1 aromatic heterocycles. The zero-order valence-corrected chi connectivity index (χ0v) is 14.4. The molecular formula is C16H18N2O3S2. The van der Waals surface area contributed by atoms with Crippen molar-refractivity contribution in [1.29, 1.82) is 0 Å². The molecule has 1 amide bonds. The van der Waals surface area contributed by atoms with E-state index in [0.717, 1.165) is 17.7 Å². The van der Waals surface area contributed by atoms with Crippen molar-refractivity contribution in [2.24, 2.45) is 0 Å². The number of benzene rings is 1. The van der Waals surface area contributed by atoms with E-state index in [1.165, 1.54) is 4.31 Å². The fourth-order valence-corrected chi connectivity index (χ4v) is 4.44. The summed E-state index contributed by atoms with van der Waals surface area (Å²) in [5.74, 6) is 0.0928. The lowest BCUT2D eigenvalue weighted by molar-refractivity contribution is -0.117. The van der Waals surface area contributed by atoms with Gasteiger partial charge in [0.15, 0.2) is 0 Å². The predicted octanol–water partition coefficient (Wildman–Crippen LogP) is 2.70. The maximum absolute atomic E-state index is 12.6. The minimum Gasteiger partial charge on any atom is -0.312 e. The number of hydrogen-bond donors (Lipinski definition) is 0. The highest BCUT2D eigenvalue weighted by atomic mass is 32.2. The molecule has 1 saturated heterocycles. The number of nitrogens with zero attached hydrogens (tertiary/aromatic N) is 2. The number of anilines is 1. The van der Waals surface area contributed by atoms with Gasteiger partial charge in [-0.05, 0) is 53.1 Å². The third kappa shape index (κ3) is 3.31. The van der Waals surface area contributed by atoms with E-state index in [9.17, 15) is 13.2 Å². The Hall–Kier alpha value is -1.70. The van der Waals surface area contributed by atoms with Gasteiger partial charge in [0.2, 0.25) is 15.9 Å². The summed E-state index contributed by atoms with van der Waals surface area (Å²) >= 11 is 1.55. The van der Waals surface area contributed by atoms with Gasteiger partial charge in [0, 0.05) is 32.2 Å². The smallest absolute Gasteiger partial charge is 0.243 e. The first-order valence-corrected chi connectivity index (χ1v) is 9.74. The molecule has 0 unspecified atom stereocenters. The van der Waals surface area contributed by atoms with Gasteiger partial charge in [-0.3, -0.25) is 4.79 Å². The Morgan fingerprint density at radius 2 is 1.96 bits per heavy atom. The molecule has 2 heterocycles. The second-order valence-corrected chi connectivity index (χ2v) is 8.36. The molecule has 0 aliphatic carbocycles. The summed E-state index contributed by atoms with van der Waals surface area (Å²) in [6, 6.07) is 8.46. The van der Waals surface area contributed by atoms with Crippen LogP contribution in [0.1, 0.15) is 18.4 Å². The van der Waals surface area contributed by atoms with E-state index in [1.54, 1.807) is 47.5 Å². The molecule has 0 bridgehead atoms. The van der Waals surface area contributed by atoms with E-state index in [2.05, 4.69) is 0 Å². The fraction of sp³-hybridized carbons (Fsp3) is 0.312. The van der Waals surface area contributed by atoms with Gasteiger partial charge in [-0.1, -0.05) is 0 Å². The average Bonchev–Trinajstić information content (AvgIpc) is 3.19. The minimum absolute atomic E-state index is 0.0928. The monoisotopic (exact) mass is 350 g/mol. The quantitative estimate of drug-likeness (QED) is 0.833. The number of hydrogen-bond acceptors (Lipinski definition) is 4. The summed E-state index contributed by atoms with van der Waals surface area (Å²) in [5.41, 5.74) is 1.73. The molecule has 1 aliphatic heterocycles. The molecule has 1 fully saturated rings. The molecule has 122 valence electrons. The molecule has 1 aromatic carbocycles. The predicted molar refractivity (Wildman–Crippen MR) is 91.0 cm³/mol. The highest BCUT2D eigenvalue weighted by molar-refractivity contribution is 7.89. The Morgan fingerprint density at radius 1 is 1.22 bits per heavy atom. The summed E-state index contributed by atoms with van der Waals surface area (Å²) in [6.07, 6.45) is 1.41. The standard InChI is InChI=1S/C16H18N2O3S2/c1-17(11-13-8-10-22-12-13)23(20,21)15-6-4-14(5-7-15)18-9-2-3-16(18)19/h4-8,10,12H,2-3,9,11H2,1H3. The summed E-state index contributed by atoms with van der Waals surface area (Å²) in [5, 5.41) is 3.87. The Morgan fingerprint density at radius 3 is 2.52 bits per heavy atom. The second-order valence-electron chi connectivity index (χ2n) is 5.54. The molecule has 0 spiro atoms. The van der Waals surface area contributed by atoms with Crippen LogP contribution in [-0.2, 0) is 21.4 Å². The van der Waals surface area contributed by atoms with E-state index in [-0.39, 0.29) is 10.8 Å². The summed E-state index contributed by atoms with van der Waals surface area (Å²) < 4.78 is 26.5. The largest absolute Gasteiger partial charge is 0.312 e. The van der Waals surface area contributed by atoms with Crippen LogP contribution in [0.25, 0.3) is 0 Å². The molecule has 0 radical (unpaired) electrons. The third-order valence-corrected chi connectivity index (χ3v) is 6.46. The van der Waals surface area contributed by atoms with Gasteiger partial charge in [0.1, 0.15) is 0 Å². The van der Waals surface area contributed by atoms with Crippen LogP contribution in [-0.4, -0.2) is 32.2 Å². The summed E-state index contributed by atoms with van der Waals surface area (Å²) in [4.78, 5) is 13.7. The van der Waals surface area contributed by atoms with Gasteiger partial charge in [0.05, 0.1) is 4.90 Å². The molecule has 23 heavy (non-hydrogen) atoms. The van der Waals surface area contributed by atoms with E-state index in [4.69, 9.17) is 0 Å². The maximum Gasteiger partial charge on any atom is 0.243 e. The number of sulfonamides is 1. The zero-order valence-electron chi connectivity index (χ0n) is 12.8. The van der Waals surface area contributed by atoms with E-state index in [0.29, 0.717) is 19.5 Å². The first kappa shape index (κ1) is 16.2. The van der Waals surface area contributed by atoms with Gasteiger partial charge in [-0.2, -0.15) is 15.6 Å². The topological polar surface area (TPSA) is 57.7 Å². The molecule has 2 aromatic rings. The first-order chi connectivity index (χ1) is 11.0. The molecule has 5 nitrogen and oxygen atoms in total. The van der Waals surface area contributed by atoms with Crippen LogP contribution in [0.3, 0.4) is 0 Å².